The molecule has 4 rings (SSSR count). The highest BCUT2D eigenvalue weighted by atomic mass is 16.6. The summed E-state index contributed by atoms with van der Waals surface area (Å²) < 4.78 is 18.9. The highest BCUT2D eigenvalue weighted by molar-refractivity contribution is 5.60. The van der Waals surface area contributed by atoms with Gasteiger partial charge in [0.15, 0.2) is 11.5 Å². The topological polar surface area (TPSA) is 65.7 Å². The zero-order valence-electron chi connectivity index (χ0n) is 19.1. The Morgan fingerprint density at radius 2 is 2.10 bits per heavy atom. The molecule has 2 aliphatic heterocycles. The Morgan fingerprint density at radius 1 is 1.30 bits per heavy atom. The van der Waals surface area contributed by atoms with Crippen LogP contribution in [0.15, 0.2) is 24.3 Å². The van der Waals surface area contributed by atoms with E-state index in [2.05, 4.69) is 51.2 Å². The lowest BCUT2D eigenvalue weighted by molar-refractivity contribution is -0.0593. The zero-order chi connectivity index (χ0) is 21.5. The predicted octanol–water partition coefficient (Wildman–Crippen LogP) is 3.58. The molecule has 0 amide bonds. The predicted molar refractivity (Wildman–Crippen MR) is 120 cm³/mol. The first-order chi connectivity index (χ1) is 14.4. The quantitative estimate of drug-likeness (QED) is 0.668. The summed E-state index contributed by atoms with van der Waals surface area (Å²) >= 11 is 0. The summed E-state index contributed by atoms with van der Waals surface area (Å²) in [4.78, 5) is 0. The van der Waals surface area contributed by atoms with Crippen molar-refractivity contribution in [2.45, 2.75) is 64.2 Å². The first-order valence-corrected chi connectivity index (χ1v) is 11.5. The van der Waals surface area contributed by atoms with Gasteiger partial charge in [0.1, 0.15) is 12.2 Å². The SMILES string of the molecule is COc1ccc(C)c2c1OC1C(OCC(CN)CC(C)C)C=CC3C(C)NCCC231. The van der Waals surface area contributed by atoms with Gasteiger partial charge in [0.25, 0.3) is 0 Å². The summed E-state index contributed by atoms with van der Waals surface area (Å²) in [5, 5.41) is 3.67. The minimum absolute atomic E-state index is 0.0421. The summed E-state index contributed by atoms with van der Waals surface area (Å²) in [5.74, 6) is 3.09. The third-order valence-corrected chi connectivity index (χ3v) is 7.38. The molecule has 6 unspecified atom stereocenters. The average Bonchev–Trinajstić information content (AvgIpc) is 3.07. The molecule has 6 atom stereocenters. The Labute approximate surface area is 181 Å². The van der Waals surface area contributed by atoms with Crippen LogP contribution in [-0.2, 0) is 10.2 Å². The second-order valence-corrected chi connectivity index (χ2v) is 9.80. The lowest BCUT2D eigenvalue weighted by Crippen LogP contribution is -2.62. The molecule has 1 saturated heterocycles. The molecule has 0 radical (unpaired) electrons. The molecular formula is C25H38N2O3. The van der Waals surface area contributed by atoms with E-state index < -0.39 is 0 Å². The van der Waals surface area contributed by atoms with Gasteiger partial charge in [0.05, 0.1) is 13.7 Å². The van der Waals surface area contributed by atoms with Crippen LogP contribution in [0.3, 0.4) is 0 Å². The van der Waals surface area contributed by atoms with Crippen molar-refractivity contribution in [3.63, 3.8) is 0 Å². The third-order valence-electron chi connectivity index (χ3n) is 7.38. The van der Waals surface area contributed by atoms with Gasteiger partial charge in [-0.05, 0) is 63.2 Å². The Hall–Kier alpha value is -1.56. The minimum atomic E-state index is -0.0890. The normalized spacial score (nSPS) is 32.9. The standard InChI is InChI=1S/C25H38N2O3/c1-15(2)12-18(13-26)14-29-21-9-7-19-17(4)27-11-10-25(19)22-16(3)6-8-20(28-5)23(22)30-24(21)25/h6-9,15,17-19,21,24,27H,10-14,26H2,1-5H3. The highest BCUT2D eigenvalue weighted by Crippen LogP contribution is 2.59. The van der Waals surface area contributed by atoms with Crippen LogP contribution in [-0.4, -0.2) is 45.1 Å². The molecule has 30 heavy (non-hydrogen) atoms. The van der Waals surface area contributed by atoms with Crippen LogP contribution in [0.4, 0.5) is 0 Å². The Morgan fingerprint density at radius 3 is 2.80 bits per heavy atom. The van der Waals surface area contributed by atoms with E-state index in [1.165, 1.54) is 11.1 Å². The van der Waals surface area contributed by atoms with Crippen LogP contribution in [0.1, 0.15) is 44.7 Å². The number of aryl methyl sites for hydroxylation is 1. The van der Waals surface area contributed by atoms with Crippen LogP contribution >= 0.6 is 0 Å². The number of benzene rings is 1. The molecule has 2 heterocycles. The smallest absolute Gasteiger partial charge is 0.165 e. The molecule has 1 aliphatic carbocycles. The molecule has 3 N–H and O–H groups in total. The fourth-order valence-electron chi connectivity index (χ4n) is 6.08. The lowest BCUT2D eigenvalue weighted by atomic mass is 9.57. The van der Waals surface area contributed by atoms with Crippen molar-refractivity contribution in [3.05, 3.63) is 35.4 Å². The molecule has 0 saturated carbocycles. The van der Waals surface area contributed by atoms with Gasteiger partial charge in [-0.1, -0.05) is 32.1 Å². The molecule has 1 fully saturated rings. The Balaban J connectivity index is 1.70. The number of nitrogens with two attached hydrogens (primary N) is 1. The number of piperidine rings is 1. The van der Waals surface area contributed by atoms with Crippen LogP contribution < -0.4 is 20.5 Å². The molecule has 5 heteroatoms. The molecule has 1 spiro atoms. The number of fused-ring (bicyclic) bond motifs is 1. The van der Waals surface area contributed by atoms with Crippen molar-refractivity contribution in [2.75, 3.05) is 26.8 Å². The average molecular weight is 415 g/mol. The zero-order valence-corrected chi connectivity index (χ0v) is 19.1. The van der Waals surface area contributed by atoms with Crippen molar-refractivity contribution in [2.24, 2.45) is 23.5 Å². The van der Waals surface area contributed by atoms with Crippen LogP contribution in [0, 0.1) is 24.7 Å². The fourth-order valence-corrected chi connectivity index (χ4v) is 6.08. The second kappa shape index (κ2) is 8.52. The summed E-state index contributed by atoms with van der Waals surface area (Å²) in [6.45, 7) is 11.3. The summed E-state index contributed by atoms with van der Waals surface area (Å²) in [6.07, 6.45) is 6.59. The van der Waals surface area contributed by atoms with Crippen molar-refractivity contribution in [1.29, 1.82) is 0 Å². The molecule has 3 aliphatic rings. The monoisotopic (exact) mass is 414 g/mol. The van der Waals surface area contributed by atoms with E-state index in [1.54, 1.807) is 7.11 Å². The van der Waals surface area contributed by atoms with Crippen molar-refractivity contribution < 1.29 is 14.2 Å². The van der Waals surface area contributed by atoms with Crippen LogP contribution in [0.5, 0.6) is 11.5 Å². The number of ether oxygens (including phenoxy) is 3. The van der Waals surface area contributed by atoms with Crippen molar-refractivity contribution in [3.8, 4) is 11.5 Å². The van der Waals surface area contributed by atoms with Crippen LogP contribution in [0.25, 0.3) is 0 Å². The molecule has 1 aromatic carbocycles. The maximum Gasteiger partial charge on any atom is 0.165 e. The maximum atomic E-state index is 6.72. The summed E-state index contributed by atoms with van der Waals surface area (Å²) in [7, 11) is 1.72. The number of nitrogens with one attached hydrogen (secondary N) is 1. The summed E-state index contributed by atoms with van der Waals surface area (Å²) in [6, 6.07) is 4.58. The highest BCUT2D eigenvalue weighted by Gasteiger charge is 2.61. The van der Waals surface area contributed by atoms with Gasteiger partial charge in [-0.25, -0.2) is 0 Å². The van der Waals surface area contributed by atoms with Gasteiger partial charge < -0.3 is 25.3 Å². The van der Waals surface area contributed by atoms with Gasteiger partial charge in [0, 0.05) is 22.9 Å². The van der Waals surface area contributed by atoms with E-state index in [1.807, 2.05) is 6.07 Å². The minimum Gasteiger partial charge on any atom is -0.493 e. The van der Waals surface area contributed by atoms with E-state index in [4.69, 9.17) is 19.9 Å². The van der Waals surface area contributed by atoms with Gasteiger partial charge in [-0.2, -0.15) is 0 Å². The molecule has 0 aromatic heterocycles. The fraction of sp³-hybridized carbons (Fsp3) is 0.680. The van der Waals surface area contributed by atoms with E-state index in [0.29, 0.717) is 36.9 Å². The lowest BCUT2D eigenvalue weighted by Gasteiger charge is -2.51. The van der Waals surface area contributed by atoms with E-state index in [-0.39, 0.29) is 17.6 Å². The molecule has 0 bridgehead atoms. The molecule has 166 valence electrons. The van der Waals surface area contributed by atoms with Crippen LogP contribution in [0.2, 0.25) is 0 Å². The largest absolute Gasteiger partial charge is 0.493 e. The summed E-state index contributed by atoms with van der Waals surface area (Å²) in [5.41, 5.74) is 8.55. The Bertz CT molecular complexity index is 793. The van der Waals surface area contributed by atoms with E-state index in [0.717, 1.165) is 30.9 Å². The number of methoxy groups -OCH3 is 1. The maximum absolute atomic E-state index is 6.72. The molecule has 1 aromatic rings. The van der Waals surface area contributed by atoms with Gasteiger partial charge in [0.2, 0.25) is 0 Å². The number of rotatable bonds is 7. The second-order valence-electron chi connectivity index (χ2n) is 9.80. The first-order valence-electron chi connectivity index (χ1n) is 11.5. The number of hydrogen-bond donors (Lipinski definition) is 2. The molecule has 5 nitrogen and oxygen atoms in total. The third kappa shape index (κ3) is 3.45. The Kier molecular flexibility index (Phi) is 6.16. The van der Waals surface area contributed by atoms with Gasteiger partial charge in [-0.15, -0.1) is 0 Å². The van der Waals surface area contributed by atoms with Crippen molar-refractivity contribution >= 4 is 0 Å². The van der Waals surface area contributed by atoms with Gasteiger partial charge >= 0.3 is 0 Å². The van der Waals surface area contributed by atoms with Crippen molar-refractivity contribution in [1.82, 2.24) is 5.32 Å². The van der Waals surface area contributed by atoms with E-state index >= 15 is 0 Å². The van der Waals surface area contributed by atoms with Gasteiger partial charge in [-0.3, -0.25) is 0 Å². The van der Waals surface area contributed by atoms with E-state index in [9.17, 15) is 0 Å². The first kappa shape index (κ1) is 21.7. The molecular weight excluding hydrogens is 376 g/mol. The number of hydrogen-bond acceptors (Lipinski definition) is 5.